The van der Waals surface area contributed by atoms with Gasteiger partial charge < -0.3 is 5.32 Å². The number of anilines is 1. The van der Waals surface area contributed by atoms with E-state index in [-0.39, 0.29) is 16.1 Å². The molecule has 140 valence electrons. The number of aryl methyl sites for hydroxylation is 2. The second-order valence-corrected chi connectivity index (χ2v) is 7.40. The molecule has 0 spiro atoms. The Hall–Kier alpha value is -2.55. The number of nitrogens with one attached hydrogen (secondary N) is 2. The van der Waals surface area contributed by atoms with Gasteiger partial charge in [-0.3, -0.25) is 9.52 Å². The minimum Gasteiger partial charge on any atom is -0.343 e. The maximum absolute atomic E-state index is 12.5. The molecule has 5 nitrogen and oxygen atoms in total. The molecule has 0 aliphatic rings. The van der Waals surface area contributed by atoms with E-state index in [1.807, 2.05) is 0 Å². The Morgan fingerprint density at radius 3 is 2.23 bits per heavy atom. The van der Waals surface area contributed by atoms with E-state index in [2.05, 4.69) is 4.72 Å². The van der Waals surface area contributed by atoms with Gasteiger partial charge in [-0.15, -0.1) is 0 Å². The van der Waals surface area contributed by atoms with E-state index in [0.29, 0.717) is 5.56 Å². The monoisotopic (exact) mass is 386 g/mol. The van der Waals surface area contributed by atoms with Gasteiger partial charge in [0.1, 0.15) is 6.54 Å². The molecule has 0 atom stereocenters. The Labute approximate surface area is 149 Å². The van der Waals surface area contributed by atoms with Crippen LogP contribution in [0.2, 0.25) is 0 Å². The third-order valence-electron chi connectivity index (χ3n) is 3.48. The second kappa shape index (κ2) is 7.36. The van der Waals surface area contributed by atoms with Crippen LogP contribution < -0.4 is 10.0 Å². The summed E-state index contributed by atoms with van der Waals surface area (Å²) in [4.78, 5) is 11.8. The molecule has 0 saturated carbocycles. The number of carbonyl (C=O) groups is 1. The predicted molar refractivity (Wildman–Crippen MR) is 91.6 cm³/mol. The summed E-state index contributed by atoms with van der Waals surface area (Å²) in [5.41, 5.74) is 1.54. The standard InChI is InChI=1S/C17H17F3N2O3S/c1-11-3-4-12(2)15(9-11)26(24,25)22-14-7-5-13(6-8-14)16(23)21-10-17(18,19)20/h3-9,22H,10H2,1-2H3,(H,21,23). The Morgan fingerprint density at radius 1 is 1.04 bits per heavy atom. The zero-order valence-corrected chi connectivity index (χ0v) is 14.8. The summed E-state index contributed by atoms with van der Waals surface area (Å²) >= 11 is 0. The molecule has 2 rings (SSSR count). The minimum absolute atomic E-state index is 0.0102. The normalized spacial score (nSPS) is 11.9. The van der Waals surface area contributed by atoms with Crippen molar-refractivity contribution in [2.45, 2.75) is 24.9 Å². The number of sulfonamides is 1. The number of carbonyl (C=O) groups excluding carboxylic acids is 1. The van der Waals surface area contributed by atoms with Gasteiger partial charge in [-0.2, -0.15) is 13.2 Å². The number of hydrogen-bond donors (Lipinski definition) is 2. The molecule has 0 aliphatic heterocycles. The highest BCUT2D eigenvalue weighted by Crippen LogP contribution is 2.21. The maximum atomic E-state index is 12.5. The summed E-state index contributed by atoms with van der Waals surface area (Å²) in [7, 11) is -3.83. The van der Waals surface area contributed by atoms with Crippen molar-refractivity contribution >= 4 is 21.6 Å². The van der Waals surface area contributed by atoms with Crippen LogP contribution in [0.1, 0.15) is 21.5 Å². The van der Waals surface area contributed by atoms with Gasteiger partial charge in [-0.25, -0.2) is 8.42 Å². The maximum Gasteiger partial charge on any atom is 0.405 e. The zero-order chi connectivity index (χ0) is 19.5. The molecule has 0 fully saturated rings. The highest BCUT2D eigenvalue weighted by Gasteiger charge is 2.27. The lowest BCUT2D eigenvalue weighted by atomic mass is 10.2. The van der Waals surface area contributed by atoms with Gasteiger partial charge in [0.2, 0.25) is 0 Å². The number of alkyl halides is 3. The molecular weight excluding hydrogens is 369 g/mol. The third-order valence-corrected chi connectivity index (χ3v) is 5.01. The van der Waals surface area contributed by atoms with Crippen molar-refractivity contribution < 1.29 is 26.4 Å². The van der Waals surface area contributed by atoms with Crippen LogP contribution >= 0.6 is 0 Å². The van der Waals surface area contributed by atoms with Crippen molar-refractivity contribution in [2.24, 2.45) is 0 Å². The molecular formula is C17H17F3N2O3S. The fourth-order valence-electron chi connectivity index (χ4n) is 2.18. The summed E-state index contributed by atoms with van der Waals surface area (Å²) in [6, 6.07) is 10.1. The lowest BCUT2D eigenvalue weighted by Crippen LogP contribution is -2.33. The van der Waals surface area contributed by atoms with Crippen molar-refractivity contribution in [3.05, 3.63) is 59.2 Å². The summed E-state index contributed by atoms with van der Waals surface area (Å²) < 4.78 is 63.7. The number of rotatable bonds is 5. The SMILES string of the molecule is Cc1ccc(C)c(S(=O)(=O)Nc2ccc(C(=O)NCC(F)(F)F)cc2)c1. The molecule has 0 unspecified atom stereocenters. The van der Waals surface area contributed by atoms with Crippen LogP contribution in [0.4, 0.5) is 18.9 Å². The highest BCUT2D eigenvalue weighted by atomic mass is 32.2. The van der Waals surface area contributed by atoms with Crippen LogP contribution in [-0.4, -0.2) is 27.0 Å². The average molecular weight is 386 g/mol. The summed E-state index contributed by atoms with van der Waals surface area (Å²) in [5.74, 6) is -0.897. The van der Waals surface area contributed by atoms with E-state index in [1.54, 1.807) is 31.3 Å². The number of benzene rings is 2. The van der Waals surface area contributed by atoms with E-state index >= 15 is 0 Å². The van der Waals surface area contributed by atoms with Gasteiger partial charge >= 0.3 is 6.18 Å². The summed E-state index contributed by atoms with van der Waals surface area (Å²) in [5, 5.41) is 1.74. The Morgan fingerprint density at radius 2 is 1.65 bits per heavy atom. The quantitative estimate of drug-likeness (QED) is 0.827. The van der Waals surface area contributed by atoms with Crippen LogP contribution in [0, 0.1) is 13.8 Å². The van der Waals surface area contributed by atoms with E-state index in [4.69, 9.17) is 0 Å². The van der Waals surface area contributed by atoms with Crippen LogP contribution in [0.3, 0.4) is 0 Å². The van der Waals surface area contributed by atoms with Crippen molar-refractivity contribution in [2.75, 3.05) is 11.3 Å². The zero-order valence-electron chi connectivity index (χ0n) is 14.0. The molecule has 0 bridgehead atoms. The van der Waals surface area contributed by atoms with Gasteiger partial charge in [-0.1, -0.05) is 12.1 Å². The Kier molecular flexibility index (Phi) is 5.60. The van der Waals surface area contributed by atoms with Crippen molar-refractivity contribution in [1.29, 1.82) is 0 Å². The molecule has 0 aromatic heterocycles. The van der Waals surface area contributed by atoms with Gasteiger partial charge in [0.15, 0.2) is 0 Å². The molecule has 2 aromatic carbocycles. The first-order valence-corrected chi connectivity index (χ1v) is 9.01. The van der Waals surface area contributed by atoms with Crippen LogP contribution in [0.15, 0.2) is 47.4 Å². The molecule has 0 radical (unpaired) electrons. The van der Waals surface area contributed by atoms with Gasteiger partial charge in [0, 0.05) is 11.3 Å². The van der Waals surface area contributed by atoms with E-state index < -0.39 is 28.7 Å². The van der Waals surface area contributed by atoms with Crippen LogP contribution in [0.5, 0.6) is 0 Å². The molecule has 0 aliphatic carbocycles. The van der Waals surface area contributed by atoms with E-state index in [9.17, 15) is 26.4 Å². The third kappa shape index (κ3) is 5.22. The Balaban J connectivity index is 2.13. The Bertz CT molecular complexity index is 908. The topological polar surface area (TPSA) is 75.3 Å². The smallest absolute Gasteiger partial charge is 0.343 e. The molecule has 1 amide bonds. The van der Waals surface area contributed by atoms with Crippen LogP contribution in [0.25, 0.3) is 0 Å². The number of hydrogen-bond acceptors (Lipinski definition) is 3. The first kappa shape index (κ1) is 19.8. The highest BCUT2D eigenvalue weighted by molar-refractivity contribution is 7.92. The lowest BCUT2D eigenvalue weighted by Gasteiger charge is -2.12. The first-order chi connectivity index (χ1) is 12.0. The average Bonchev–Trinajstić information content (AvgIpc) is 2.54. The fraction of sp³-hybridized carbons (Fsp3) is 0.235. The van der Waals surface area contributed by atoms with Crippen molar-refractivity contribution in [1.82, 2.24) is 5.32 Å². The van der Waals surface area contributed by atoms with Gasteiger partial charge in [0.25, 0.3) is 15.9 Å². The molecule has 0 saturated heterocycles. The molecule has 2 aromatic rings. The molecule has 2 N–H and O–H groups in total. The predicted octanol–water partition coefficient (Wildman–Crippen LogP) is 3.40. The summed E-state index contributed by atoms with van der Waals surface area (Å²) in [6.07, 6.45) is -4.50. The van der Waals surface area contributed by atoms with Crippen molar-refractivity contribution in [3.63, 3.8) is 0 Å². The fourth-order valence-corrected chi connectivity index (χ4v) is 3.57. The van der Waals surface area contributed by atoms with Crippen molar-refractivity contribution in [3.8, 4) is 0 Å². The number of halogens is 3. The number of amides is 1. The van der Waals surface area contributed by atoms with E-state index in [0.717, 1.165) is 5.56 Å². The first-order valence-electron chi connectivity index (χ1n) is 7.53. The van der Waals surface area contributed by atoms with E-state index in [1.165, 1.54) is 30.3 Å². The van der Waals surface area contributed by atoms with Crippen LogP contribution in [-0.2, 0) is 10.0 Å². The molecule has 0 heterocycles. The van der Waals surface area contributed by atoms with Gasteiger partial charge in [-0.05, 0) is 55.3 Å². The second-order valence-electron chi connectivity index (χ2n) is 5.75. The molecule has 9 heteroatoms. The summed E-state index contributed by atoms with van der Waals surface area (Å²) in [6.45, 7) is 2.00. The minimum atomic E-state index is -4.50. The van der Waals surface area contributed by atoms with Gasteiger partial charge in [0.05, 0.1) is 4.90 Å². The molecule has 26 heavy (non-hydrogen) atoms. The largest absolute Gasteiger partial charge is 0.405 e. The lowest BCUT2D eigenvalue weighted by molar-refractivity contribution is -0.123.